The van der Waals surface area contributed by atoms with Crippen LogP contribution in [0.1, 0.15) is 29.8 Å². The topological polar surface area (TPSA) is 80.8 Å². The third-order valence-electron chi connectivity index (χ3n) is 3.90. The Kier molecular flexibility index (Phi) is 6.74. The molecule has 0 radical (unpaired) electrons. The first-order chi connectivity index (χ1) is 12.7. The van der Waals surface area contributed by atoms with Crippen LogP contribution in [0.25, 0.3) is 0 Å². The monoisotopic (exact) mass is 389 g/mol. The number of ether oxygens (including phenoxy) is 1. The molecule has 0 aliphatic carbocycles. The second-order valence-electron chi connectivity index (χ2n) is 6.23. The smallest absolute Gasteiger partial charge is 0.338 e. The van der Waals surface area contributed by atoms with Crippen LogP contribution in [0.5, 0.6) is 0 Å². The van der Waals surface area contributed by atoms with Gasteiger partial charge in [-0.3, -0.25) is 4.79 Å². The molecule has 27 heavy (non-hydrogen) atoms. The molecule has 7 heteroatoms. The molecule has 0 heterocycles. The summed E-state index contributed by atoms with van der Waals surface area (Å²) in [6.45, 7) is 3.83. The first-order valence-corrected chi connectivity index (χ1v) is 10.6. The molecule has 0 aromatic heterocycles. The molecule has 0 aliphatic rings. The first-order valence-electron chi connectivity index (χ1n) is 8.55. The lowest BCUT2D eigenvalue weighted by molar-refractivity contribution is -0.126. The van der Waals surface area contributed by atoms with Crippen molar-refractivity contribution in [1.29, 1.82) is 0 Å². The first kappa shape index (κ1) is 20.6. The Balaban J connectivity index is 2.05. The van der Waals surface area contributed by atoms with Crippen LogP contribution < -0.4 is 4.90 Å². The van der Waals surface area contributed by atoms with Crippen molar-refractivity contribution in [3.8, 4) is 0 Å². The zero-order valence-electron chi connectivity index (χ0n) is 15.6. The fourth-order valence-corrected chi connectivity index (χ4v) is 3.41. The molecule has 0 saturated carbocycles. The van der Waals surface area contributed by atoms with E-state index in [9.17, 15) is 18.0 Å². The van der Waals surface area contributed by atoms with Gasteiger partial charge in [-0.15, -0.1) is 0 Å². The number of para-hydroxylation sites is 1. The summed E-state index contributed by atoms with van der Waals surface area (Å²) >= 11 is 0. The van der Waals surface area contributed by atoms with Gasteiger partial charge in [0.1, 0.15) is 0 Å². The molecule has 144 valence electrons. The molecule has 2 aromatic rings. The van der Waals surface area contributed by atoms with E-state index in [1.807, 2.05) is 37.3 Å². The third kappa shape index (κ3) is 5.92. The Labute approximate surface area is 159 Å². The van der Waals surface area contributed by atoms with Gasteiger partial charge in [0, 0.05) is 18.5 Å². The third-order valence-corrected chi connectivity index (χ3v) is 4.76. The van der Waals surface area contributed by atoms with Gasteiger partial charge in [-0.2, -0.15) is 0 Å². The van der Waals surface area contributed by atoms with E-state index < -0.39 is 21.9 Å². The molecule has 1 amide bonds. The Morgan fingerprint density at radius 2 is 1.63 bits per heavy atom. The molecule has 0 fully saturated rings. The van der Waals surface area contributed by atoms with Gasteiger partial charge in [-0.25, -0.2) is 13.2 Å². The maximum Gasteiger partial charge on any atom is 0.338 e. The van der Waals surface area contributed by atoms with Crippen LogP contribution in [0.15, 0.2) is 54.6 Å². The van der Waals surface area contributed by atoms with Crippen LogP contribution in [-0.2, 0) is 25.1 Å². The molecule has 0 unspecified atom stereocenters. The average molecular weight is 389 g/mol. The summed E-state index contributed by atoms with van der Waals surface area (Å²) in [6.07, 6.45) is 0.197. The van der Waals surface area contributed by atoms with Crippen molar-refractivity contribution >= 4 is 27.4 Å². The van der Waals surface area contributed by atoms with Crippen molar-refractivity contribution in [3.63, 3.8) is 0 Å². The quantitative estimate of drug-likeness (QED) is 0.680. The Morgan fingerprint density at radius 3 is 2.15 bits per heavy atom. The molecule has 0 aliphatic heterocycles. The largest absolute Gasteiger partial charge is 0.449 e. The molecule has 0 saturated heterocycles. The Morgan fingerprint density at radius 1 is 1.04 bits per heavy atom. The highest BCUT2D eigenvalue weighted by Gasteiger charge is 2.24. The second-order valence-corrected chi connectivity index (χ2v) is 8.37. The van der Waals surface area contributed by atoms with Crippen molar-refractivity contribution in [2.75, 3.05) is 17.7 Å². The van der Waals surface area contributed by atoms with Crippen LogP contribution in [-0.4, -0.2) is 39.2 Å². The highest BCUT2D eigenvalue weighted by Crippen LogP contribution is 2.16. The number of carbonyl (C=O) groups is 2. The summed E-state index contributed by atoms with van der Waals surface area (Å²) in [7, 11) is -3.15. The van der Waals surface area contributed by atoms with E-state index in [1.54, 1.807) is 17.0 Å². The number of benzene rings is 2. The predicted molar refractivity (Wildman–Crippen MR) is 104 cm³/mol. The van der Waals surface area contributed by atoms with Crippen molar-refractivity contribution < 1.29 is 22.7 Å². The minimum absolute atomic E-state index is 0.0975. The fourth-order valence-electron chi connectivity index (χ4n) is 2.61. The lowest BCUT2D eigenvalue weighted by atomic mass is 10.1. The van der Waals surface area contributed by atoms with E-state index in [0.29, 0.717) is 12.1 Å². The van der Waals surface area contributed by atoms with Crippen molar-refractivity contribution in [2.24, 2.45) is 0 Å². The van der Waals surface area contributed by atoms with Crippen LogP contribution in [0.3, 0.4) is 0 Å². The molecular weight excluding hydrogens is 366 g/mol. The summed E-state index contributed by atoms with van der Waals surface area (Å²) in [6, 6.07) is 15.3. The maximum absolute atomic E-state index is 12.6. The van der Waals surface area contributed by atoms with Crippen LogP contribution >= 0.6 is 0 Å². The predicted octanol–water partition coefficient (Wildman–Crippen LogP) is 2.83. The molecule has 0 spiro atoms. The van der Waals surface area contributed by atoms with Gasteiger partial charge < -0.3 is 9.64 Å². The summed E-state index contributed by atoms with van der Waals surface area (Å²) in [5.41, 5.74) is 1.58. The van der Waals surface area contributed by atoms with Gasteiger partial charge in [0.2, 0.25) is 0 Å². The van der Waals surface area contributed by atoms with E-state index in [2.05, 4.69) is 0 Å². The molecule has 6 nitrogen and oxygen atoms in total. The highest BCUT2D eigenvalue weighted by atomic mass is 32.2. The summed E-state index contributed by atoms with van der Waals surface area (Å²) in [5, 5.41) is 0. The molecule has 2 aromatic carbocycles. The summed E-state index contributed by atoms with van der Waals surface area (Å²) in [5.74, 6) is -1.05. The van der Waals surface area contributed by atoms with Gasteiger partial charge in [0.25, 0.3) is 5.91 Å². The number of anilines is 1. The van der Waals surface area contributed by atoms with E-state index >= 15 is 0 Å². The van der Waals surface area contributed by atoms with E-state index in [0.717, 1.165) is 11.9 Å². The molecule has 0 bridgehead atoms. The molecular formula is C20H23NO5S. The van der Waals surface area contributed by atoms with E-state index in [-0.39, 0.29) is 17.2 Å². The van der Waals surface area contributed by atoms with Crippen molar-refractivity contribution in [3.05, 3.63) is 65.7 Å². The minimum Gasteiger partial charge on any atom is -0.449 e. The number of hydrogen-bond donors (Lipinski definition) is 0. The van der Waals surface area contributed by atoms with Crippen LogP contribution in [0, 0.1) is 0 Å². The maximum atomic E-state index is 12.6. The number of likely N-dealkylation sites (N-methyl/N-ethyl adjacent to an activating group) is 1. The number of sulfone groups is 1. The lowest BCUT2D eigenvalue weighted by Crippen LogP contribution is -2.40. The lowest BCUT2D eigenvalue weighted by Gasteiger charge is -2.24. The SMILES string of the molecule is CCN(C(=O)[C@H](C)OC(=O)c1ccc(CS(C)(=O)=O)cc1)c1ccccc1. The number of amides is 1. The zero-order chi connectivity index (χ0) is 20.0. The fraction of sp³-hybridized carbons (Fsp3) is 0.300. The number of carbonyl (C=O) groups excluding carboxylic acids is 2. The second kappa shape index (κ2) is 8.81. The standard InChI is InChI=1S/C20H23NO5S/c1-4-21(18-8-6-5-7-9-18)19(22)15(2)26-20(23)17-12-10-16(11-13-17)14-27(3,24)25/h5-13,15H,4,14H2,1-3H3/t15-/m0/s1. The Hall–Kier alpha value is -2.67. The van der Waals surface area contributed by atoms with E-state index in [4.69, 9.17) is 4.74 Å². The zero-order valence-corrected chi connectivity index (χ0v) is 16.4. The number of nitrogens with zero attached hydrogens (tertiary/aromatic N) is 1. The molecule has 2 rings (SSSR count). The van der Waals surface area contributed by atoms with Gasteiger partial charge in [0.15, 0.2) is 15.9 Å². The van der Waals surface area contributed by atoms with Crippen molar-refractivity contribution in [1.82, 2.24) is 0 Å². The van der Waals surface area contributed by atoms with Gasteiger partial charge in [-0.1, -0.05) is 30.3 Å². The number of rotatable bonds is 7. The average Bonchev–Trinajstić information content (AvgIpc) is 2.62. The van der Waals surface area contributed by atoms with Gasteiger partial charge in [-0.05, 0) is 43.7 Å². The van der Waals surface area contributed by atoms with Crippen LogP contribution in [0.4, 0.5) is 5.69 Å². The summed E-state index contributed by atoms with van der Waals surface area (Å²) < 4.78 is 27.9. The van der Waals surface area contributed by atoms with E-state index in [1.165, 1.54) is 19.1 Å². The normalized spacial score (nSPS) is 12.3. The molecule has 0 N–H and O–H groups in total. The highest BCUT2D eigenvalue weighted by molar-refractivity contribution is 7.89. The minimum atomic E-state index is -3.15. The number of esters is 1. The van der Waals surface area contributed by atoms with Crippen LogP contribution in [0.2, 0.25) is 0 Å². The Bertz CT molecular complexity index is 892. The molecule has 1 atom stereocenters. The van der Waals surface area contributed by atoms with Gasteiger partial charge >= 0.3 is 5.97 Å². The summed E-state index contributed by atoms with van der Waals surface area (Å²) in [4.78, 5) is 26.5. The number of hydrogen-bond acceptors (Lipinski definition) is 5. The van der Waals surface area contributed by atoms with Gasteiger partial charge in [0.05, 0.1) is 11.3 Å². The van der Waals surface area contributed by atoms with Crippen molar-refractivity contribution in [2.45, 2.75) is 25.7 Å².